The van der Waals surface area contributed by atoms with Gasteiger partial charge in [-0.25, -0.2) is 4.98 Å². The highest BCUT2D eigenvalue weighted by molar-refractivity contribution is 5.29. The van der Waals surface area contributed by atoms with Gasteiger partial charge < -0.3 is 15.2 Å². The SMILES string of the molecule is CN(C)CCNc1ncc[nH]c1=O. The zero-order valence-corrected chi connectivity index (χ0v) is 7.87. The van der Waals surface area contributed by atoms with Crippen LogP contribution in [-0.4, -0.2) is 42.1 Å². The van der Waals surface area contributed by atoms with E-state index in [1.54, 1.807) is 6.20 Å². The van der Waals surface area contributed by atoms with Gasteiger partial charge in [-0.3, -0.25) is 4.79 Å². The number of rotatable bonds is 4. The number of anilines is 1. The van der Waals surface area contributed by atoms with E-state index in [-0.39, 0.29) is 5.56 Å². The first kappa shape index (κ1) is 9.73. The monoisotopic (exact) mass is 182 g/mol. The number of aromatic nitrogens is 2. The number of hydrogen-bond donors (Lipinski definition) is 2. The average molecular weight is 182 g/mol. The molecule has 1 rings (SSSR count). The lowest BCUT2D eigenvalue weighted by Crippen LogP contribution is -2.24. The van der Waals surface area contributed by atoms with Crippen molar-refractivity contribution >= 4 is 5.82 Å². The maximum Gasteiger partial charge on any atom is 0.290 e. The molecule has 0 saturated carbocycles. The predicted octanol–water partition coefficient (Wildman–Crippen LogP) is -0.257. The molecule has 0 atom stereocenters. The molecular weight excluding hydrogens is 168 g/mol. The molecule has 0 aromatic carbocycles. The predicted molar refractivity (Wildman–Crippen MR) is 51.9 cm³/mol. The molecule has 0 saturated heterocycles. The fourth-order valence-electron chi connectivity index (χ4n) is 0.876. The van der Waals surface area contributed by atoms with Crippen molar-refractivity contribution in [2.45, 2.75) is 0 Å². The highest BCUT2D eigenvalue weighted by Crippen LogP contribution is 1.88. The third kappa shape index (κ3) is 3.25. The molecule has 0 bridgehead atoms. The van der Waals surface area contributed by atoms with E-state index in [0.717, 1.165) is 6.54 Å². The van der Waals surface area contributed by atoms with Crippen molar-refractivity contribution in [3.8, 4) is 0 Å². The van der Waals surface area contributed by atoms with Gasteiger partial charge >= 0.3 is 0 Å². The average Bonchev–Trinajstić information content (AvgIpc) is 2.08. The van der Waals surface area contributed by atoms with Crippen LogP contribution in [0.15, 0.2) is 17.2 Å². The maximum absolute atomic E-state index is 11.1. The smallest absolute Gasteiger partial charge is 0.290 e. The van der Waals surface area contributed by atoms with Gasteiger partial charge in [-0.1, -0.05) is 0 Å². The normalized spacial score (nSPS) is 10.4. The second-order valence-corrected chi connectivity index (χ2v) is 3.00. The van der Waals surface area contributed by atoms with Gasteiger partial charge in [0.25, 0.3) is 5.56 Å². The van der Waals surface area contributed by atoms with Crippen molar-refractivity contribution in [2.75, 3.05) is 32.5 Å². The summed E-state index contributed by atoms with van der Waals surface area (Å²) in [6, 6.07) is 0. The first-order valence-electron chi connectivity index (χ1n) is 4.12. The standard InChI is InChI=1S/C8H14N4O/c1-12(2)6-5-10-7-8(13)11-4-3-9-7/h3-4H,5-6H2,1-2H3,(H,9,10)(H,11,13). The number of nitrogens with zero attached hydrogens (tertiary/aromatic N) is 2. The number of aromatic amines is 1. The highest BCUT2D eigenvalue weighted by atomic mass is 16.1. The quantitative estimate of drug-likeness (QED) is 0.673. The summed E-state index contributed by atoms with van der Waals surface area (Å²) in [5, 5.41) is 2.95. The molecule has 0 aliphatic heterocycles. The zero-order valence-electron chi connectivity index (χ0n) is 7.87. The third-order valence-corrected chi connectivity index (χ3v) is 1.56. The van der Waals surface area contributed by atoms with Crippen LogP contribution in [0.1, 0.15) is 0 Å². The van der Waals surface area contributed by atoms with Crippen molar-refractivity contribution in [3.05, 3.63) is 22.7 Å². The summed E-state index contributed by atoms with van der Waals surface area (Å²) >= 11 is 0. The molecular formula is C8H14N4O. The summed E-state index contributed by atoms with van der Waals surface area (Å²) < 4.78 is 0. The van der Waals surface area contributed by atoms with Crippen LogP contribution >= 0.6 is 0 Å². The molecule has 5 nitrogen and oxygen atoms in total. The number of hydrogen-bond acceptors (Lipinski definition) is 4. The summed E-state index contributed by atoms with van der Waals surface area (Å²) in [7, 11) is 3.95. The molecule has 0 amide bonds. The zero-order chi connectivity index (χ0) is 9.68. The molecule has 0 radical (unpaired) electrons. The summed E-state index contributed by atoms with van der Waals surface area (Å²) in [6.07, 6.45) is 3.07. The van der Waals surface area contributed by atoms with Crippen molar-refractivity contribution in [1.82, 2.24) is 14.9 Å². The van der Waals surface area contributed by atoms with Crippen LogP contribution < -0.4 is 10.9 Å². The fraction of sp³-hybridized carbons (Fsp3) is 0.500. The van der Waals surface area contributed by atoms with Crippen LogP contribution in [0.25, 0.3) is 0 Å². The van der Waals surface area contributed by atoms with Crippen LogP contribution in [0.5, 0.6) is 0 Å². The van der Waals surface area contributed by atoms with Crippen LogP contribution in [0.3, 0.4) is 0 Å². The van der Waals surface area contributed by atoms with Crippen LogP contribution in [0.2, 0.25) is 0 Å². The third-order valence-electron chi connectivity index (χ3n) is 1.56. The molecule has 0 spiro atoms. The molecule has 1 heterocycles. The minimum atomic E-state index is -0.179. The number of likely N-dealkylation sites (N-methyl/N-ethyl adjacent to an activating group) is 1. The Morgan fingerprint density at radius 3 is 3.00 bits per heavy atom. The topological polar surface area (TPSA) is 61.0 Å². The molecule has 1 aromatic heterocycles. The van der Waals surface area contributed by atoms with E-state index in [9.17, 15) is 4.79 Å². The van der Waals surface area contributed by atoms with Gasteiger partial charge in [-0.15, -0.1) is 0 Å². The van der Waals surface area contributed by atoms with Gasteiger partial charge in [-0.05, 0) is 14.1 Å². The Labute approximate surface area is 76.8 Å². The Bertz CT molecular complexity index is 307. The van der Waals surface area contributed by atoms with Gasteiger partial charge in [0.05, 0.1) is 0 Å². The lowest BCUT2D eigenvalue weighted by molar-refractivity contribution is 0.425. The molecule has 1 aromatic rings. The molecule has 0 aliphatic rings. The lowest BCUT2D eigenvalue weighted by Gasteiger charge is -2.09. The molecule has 5 heteroatoms. The van der Waals surface area contributed by atoms with Gasteiger partial charge in [-0.2, -0.15) is 0 Å². The number of H-pyrrole nitrogens is 1. The van der Waals surface area contributed by atoms with Gasteiger partial charge in [0, 0.05) is 25.5 Å². The summed E-state index contributed by atoms with van der Waals surface area (Å²) in [5.74, 6) is 0.379. The van der Waals surface area contributed by atoms with Crippen LogP contribution in [0, 0.1) is 0 Å². The molecule has 2 N–H and O–H groups in total. The second kappa shape index (κ2) is 4.61. The molecule has 0 unspecified atom stereocenters. The van der Waals surface area contributed by atoms with E-state index in [0.29, 0.717) is 12.4 Å². The summed E-state index contributed by atoms with van der Waals surface area (Å²) in [6.45, 7) is 1.59. The van der Waals surface area contributed by atoms with E-state index in [2.05, 4.69) is 15.3 Å². The van der Waals surface area contributed by atoms with Crippen molar-refractivity contribution in [1.29, 1.82) is 0 Å². The van der Waals surface area contributed by atoms with Gasteiger partial charge in [0.1, 0.15) is 0 Å². The largest absolute Gasteiger partial charge is 0.364 e. The second-order valence-electron chi connectivity index (χ2n) is 3.00. The van der Waals surface area contributed by atoms with Crippen LogP contribution in [-0.2, 0) is 0 Å². The van der Waals surface area contributed by atoms with E-state index in [4.69, 9.17) is 0 Å². The van der Waals surface area contributed by atoms with Crippen LogP contribution in [0.4, 0.5) is 5.82 Å². The molecule has 72 valence electrons. The summed E-state index contributed by atoms with van der Waals surface area (Å²) in [5.41, 5.74) is -0.179. The highest BCUT2D eigenvalue weighted by Gasteiger charge is 1.97. The minimum absolute atomic E-state index is 0.179. The summed E-state index contributed by atoms with van der Waals surface area (Å²) in [4.78, 5) is 19.6. The first-order chi connectivity index (χ1) is 6.20. The van der Waals surface area contributed by atoms with E-state index >= 15 is 0 Å². The fourth-order valence-corrected chi connectivity index (χ4v) is 0.876. The Balaban J connectivity index is 2.46. The maximum atomic E-state index is 11.1. The minimum Gasteiger partial charge on any atom is -0.364 e. The Kier molecular flexibility index (Phi) is 3.45. The first-order valence-corrected chi connectivity index (χ1v) is 4.12. The van der Waals surface area contributed by atoms with Gasteiger partial charge in [0.2, 0.25) is 0 Å². The van der Waals surface area contributed by atoms with E-state index < -0.39 is 0 Å². The molecule has 0 fully saturated rings. The van der Waals surface area contributed by atoms with Crippen molar-refractivity contribution < 1.29 is 0 Å². The van der Waals surface area contributed by atoms with E-state index in [1.807, 2.05) is 19.0 Å². The van der Waals surface area contributed by atoms with Crippen molar-refractivity contribution in [2.24, 2.45) is 0 Å². The number of nitrogens with one attached hydrogen (secondary N) is 2. The Morgan fingerprint density at radius 2 is 2.38 bits per heavy atom. The Hall–Kier alpha value is -1.36. The molecule has 13 heavy (non-hydrogen) atoms. The Morgan fingerprint density at radius 1 is 1.62 bits per heavy atom. The lowest BCUT2D eigenvalue weighted by atomic mass is 10.5. The molecule has 0 aliphatic carbocycles. The van der Waals surface area contributed by atoms with Gasteiger partial charge in [0.15, 0.2) is 5.82 Å². The van der Waals surface area contributed by atoms with Crippen molar-refractivity contribution in [3.63, 3.8) is 0 Å². The van der Waals surface area contributed by atoms with E-state index in [1.165, 1.54) is 6.20 Å².